The molecule has 4 rings (SSSR count). The summed E-state index contributed by atoms with van der Waals surface area (Å²) in [4.78, 5) is 32.0. The topological polar surface area (TPSA) is 65.1 Å². The van der Waals surface area contributed by atoms with Gasteiger partial charge in [-0.25, -0.2) is 4.79 Å². The van der Waals surface area contributed by atoms with Gasteiger partial charge in [0.1, 0.15) is 11.3 Å². The summed E-state index contributed by atoms with van der Waals surface area (Å²) in [5.74, 6) is 0.900. The van der Waals surface area contributed by atoms with Gasteiger partial charge in [-0.3, -0.25) is 14.6 Å². The quantitative estimate of drug-likeness (QED) is 0.767. The maximum absolute atomic E-state index is 13.2. The fourth-order valence-corrected chi connectivity index (χ4v) is 4.76. The summed E-state index contributed by atoms with van der Waals surface area (Å²) >= 11 is 0. The van der Waals surface area contributed by atoms with Gasteiger partial charge >= 0.3 is 6.03 Å². The van der Waals surface area contributed by atoms with Gasteiger partial charge in [-0.15, -0.1) is 0 Å². The highest BCUT2D eigenvalue weighted by Crippen LogP contribution is 2.32. The standard InChI is InChI=1S/C22H32N4O3/c1-3-29-19-6-4-17(5-7-19)16-25-12-8-18(9-13-25)26-20(27)22(23-21(26)28)10-14-24(2)15-11-22/h4-7,18H,3,8-16H2,1-2H3,(H,23,28). The Hall–Kier alpha value is -2.12. The van der Waals surface area contributed by atoms with E-state index < -0.39 is 5.54 Å². The Labute approximate surface area is 173 Å². The first-order valence-electron chi connectivity index (χ1n) is 10.8. The van der Waals surface area contributed by atoms with Crippen LogP contribution in [0.5, 0.6) is 5.75 Å². The van der Waals surface area contributed by atoms with Crippen molar-refractivity contribution in [1.82, 2.24) is 20.0 Å². The fourth-order valence-electron chi connectivity index (χ4n) is 4.76. The van der Waals surface area contributed by atoms with Crippen LogP contribution in [0.15, 0.2) is 24.3 Å². The van der Waals surface area contributed by atoms with Gasteiger partial charge in [0.25, 0.3) is 5.91 Å². The second-order valence-electron chi connectivity index (χ2n) is 8.57. The van der Waals surface area contributed by atoms with E-state index in [2.05, 4.69) is 34.3 Å². The number of nitrogens with one attached hydrogen (secondary N) is 1. The van der Waals surface area contributed by atoms with E-state index in [0.29, 0.717) is 19.4 Å². The number of amides is 3. The summed E-state index contributed by atoms with van der Waals surface area (Å²) in [7, 11) is 2.06. The van der Waals surface area contributed by atoms with E-state index in [4.69, 9.17) is 4.74 Å². The van der Waals surface area contributed by atoms with Crippen molar-refractivity contribution in [1.29, 1.82) is 0 Å². The first-order chi connectivity index (χ1) is 14.0. The molecule has 0 atom stereocenters. The SMILES string of the molecule is CCOc1ccc(CN2CCC(N3C(=O)NC4(CCN(C)CC4)C3=O)CC2)cc1. The molecule has 7 nitrogen and oxygen atoms in total. The molecule has 3 heterocycles. The smallest absolute Gasteiger partial charge is 0.325 e. The van der Waals surface area contributed by atoms with Crippen LogP contribution >= 0.6 is 0 Å². The number of hydrogen-bond acceptors (Lipinski definition) is 5. The van der Waals surface area contributed by atoms with Gasteiger partial charge in [-0.05, 0) is 57.4 Å². The van der Waals surface area contributed by atoms with Crippen molar-refractivity contribution in [2.45, 2.75) is 50.7 Å². The van der Waals surface area contributed by atoms with E-state index in [-0.39, 0.29) is 18.0 Å². The molecule has 3 saturated heterocycles. The minimum atomic E-state index is -0.664. The van der Waals surface area contributed by atoms with Crippen molar-refractivity contribution >= 4 is 11.9 Å². The van der Waals surface area contributed by atoms with E-state index in [1.165, 1.54) is 5.56 Å². The molecule has 1 spiro atoms. The van der Waals surface area contributed by atoms with Crippen LogP contribution in [0.25, 0.3) is 0 Å². The number of piperidine rings is 2. The van der Waals surface area contributed by atoms with Gasteiger partial charge in [0, 0.05) is 38.8 Å². The largest absolute Gasteiger partial charge is 0.494 e. The lowest BCUT2D eigenvalue weighted by Crippen LogP contribution is -2.55. The Morgan fingerprint density at radius 1 is 1.07 bits per heavy atom. The molecule has 0 bridgehead atoms. The molecule has 1 N–H and O–H groups in total. The third-order valence-electron chi connectivity index (χ3n) is 6.60. The molecule has 0 aromatic heterocycles. The molecule has 7 heteroatoms. The number of imide groups is 1. The highest BCUT2D eigenvalue weighted by atomic mass is 16.5. The van der Waals surface area contributed by atoms with Crippen LogP contribution in [0.4, 0.5) is 4.79 Å². The van der Waals surface area contributed by atoms with Crippen molar-refractivity contribution in [3.8, 4) is 5.75 Å². The lowest BCUT2D eigenvalue weighted by Gasteiger charge is -2.37. The number of nitrogens with zero attached hydrogens (tertiary/aromatic N) is 3. The first kappa shape index (κ1) is 20.2. The predicted octanol–water partition coefficient (Wildman–Crippen LogP) is 2.07. The summed E-state index contributed by atoms with van der Waals surface area (Å²) in [5.41, 5.74) is 0.593. The van der Waals surface area contributed by atoms with Gasteiger partial charge in [0.15, 0.2) is 0 Å². The molecule has 3 aliphatic rings. The average Bonchev–Trinajstić information content (AvgIpc) is 2.96. The lowest BCUT2D eigenvalue weighted by molar-refractivity contribution is -0.135. The zero-order valence-corrected chi connectivity index (χ0v) is 17.5. The molecular formula is C22H32N4O3. The maximum Gasteiger partial charge on any atom is 0.325 e. The van der Waals surface area contributed by atoms with Crippen molar-refractivity contribution < 1.29 is 14.3 Å². The zero-order chi connectivity index (χ0) is 20.4. The van der Waals surface area contributed by atoms with E-state index in [9.17, 15) is 9.59 Å². The molecule has 29 heavy (non-hydrogen) atoms. The van der Waals surface area contributed by atoms with Crippen LogP contribution in [0.3, 0.4) is 0 Å². The maximum atomic E-state index is 13.2. The molecule has 0 radical (unpaired) electrons. The van der Waals surface area contributed by atoms with Crippen molar-refractivity contribution in [3.63, 3.8) is 0 Å². The van der Waals surface area contributed by atoms with Crippen molar-refractivity contribution in [2.75, 3.05) is 39.8 Å². The number of ether oxygens (including phenoxy) is 1. The molecule has 1 aromatic rings. The average molecular weight is 401 g/mol. The number of likely N-dealkylation sites (tertiary alicyclic amines) is 2. The zero-order valence-electron chi connectivity index (χ0n) is 17.5. The van der Waals surface area contributed by atoms with Gasteiger partial charge < -0.3 is 15.0 Å². The fraction of sp³-hybridized carbons (Fsp3) is 0.636. The molecule has 0 aliphatic carbocycles. The van der Waals surface area contributed by atoms with Crippen LogP contribution in [-0.2, 0) is 11.3 Å². The van der Waals surface area contributed by atoms with Crippen LogP contribution in [0.1, 0.15) is 38.2 Å². The normalized spacial score (nSPS) is 23.6. The third-order valence-corrected chi connectivity index (χ3v) is 6.60. The minimum absolute atomic E-state index is 0.000521. The first-order valence-corrected chi connectivity index (χ1v) is 10.8. The molecule has 3 fully saturated rings. The van der Waals surface area contributed by atoms with Gasteiger partial charge in [-0.2, -0.15) is 0 Å². The van der Waals surface area contributed by atoms with E-state index in [1.807, 2.05) is 19.1 Å². The summed E-state index contributed by atoms with van der Waals surface area (Å²) in [6, 6.07) is 8.07. The van der Waals surface area contributed by atoms with Crippen LogP contribution in [0, 0.1) is 0 Å². The van der Waals surface area contributed by atoms with Crippen molar-refractivity contribution in [3.05, 3.63) is 29.8 Å². The molecule has 0 saturated carbocycles. The number of urea groups is 1. The summed E-state index contributed by atoms with van der Waals surface area (Å²) in [6.07, 6.45) is 3.10. The lowest BCUT2D eigenvalue weighted by atomic mass is 9.87. The number of carbonyl (C=O) groups is 2. The number of carbonyl (C=O) groups excluding carboxylic acids is 2. The Morgan fingerprint density at radius 3 is 2.34 bits per heavy atom. The Morgan fingerprint density at radius 2 is 1.72 bits per heavy atom. The van der Waals surface area contributed by atoms with Crippen LogP contribution < -0.4 is 10.1 Å². The van der Waals surface area contributed by atoms with E-state index in [0.717, 1.165) is 51.3 Å². The number of rotatable bonds is 5. The Kier molecular flexibility index (Phi) is 5.79. The molecule has 3 aliphatic heterocycles. The molecule has 0 unspecified atom stereocenters. The van der Waals surface area contributed by atoms with Gasteiger partial charge in [0.2, 0.25) is 0 Å². The minimum Gasteiger partial charge on any atom is -0.494 e. The summed E-state index contributed by atoms with van der Waals surface area (Å²) in [6.45, 7) is 7.03. The van der Waals surface area contributed by atoms with Crippen LogP contribution in [0.2, 0.25) is 0 Å². The second kappa shape index (κ2) is 8.32. The Balaban J connectivity index is 1.32. The third kappa shape index (κ3) is 4.12. The molecular weight excluding hydrogens is 368 g/mol. The molecule has 1 aromatic carbocycles. The van der Waals surface area contributed by atoms with Crippen LogP contribution in [-0.4, -0.2) is 78.1 Å². The summed E-state index contributed by atoms with van der Waals surface area (Å²) in [5, 5.41) is 3.04. The molecule has 158 valence electrons. The van der Waals surface area contributed by atoms with E-state index in [1.54, 1.807) is 4.90 Å². The monoisotopic (exact) mass is 400 g/mol. The van der Waals surface area contributed by atoms with Crippen molar-refractivity contribution in [2.24, 2.45) is 0 Å². The summed E-state index contributed by atoms with van der Waals surface area (Å²) < 4.78 is 5.50. The second-order valence-corrected chi connectivity index (χ2v) is 8.57. The van der Waals surface area contributed by atoms with Gasteiger partial charge in [0.05, 0.1) is 6.61 Å². The highest BCUT2D eigenvalue weighted by Gasteiger charge is 2.53. The number of benzene rings is 1. The highest BCUT2D eigenvalue weighted by molar-refractivity contribution is 6.07. The van der Waals surface area contributed by atoms with Gasteiger partial charge in [-0.1, -0.05) is 12.1 Å². The Bertz CT molecular complexity index is 735. The number of hydrogen-bond donors (Lipinski definition) is 1. The molecule has 3 amide bonds. The predicted molar refractivity (Wildman–Crippen MR) is 111 cm³/mol. The van der Waals surface area contributed by atoms with E-state index >= 15 is 0 Å².